The normalized spacial score (nSPS) is 25.6. The number of rotatable bonds is 7. The van der Waals surface area contributed by atoms with E-state index in [1.165, 1.54) is 20.8 Å². The lowest BCUT2D eigenvalue weighted by Crippen LogP contribution is -2.43. The van der Waals surface area contributed by atoms with Crippen molar-refractivity contribution in [1.82, 2.24) is 5.32 Å². The van der Waals surface area contributed by atoms with Crippen molar-refractivity contribution in [2.24, 2.45) is 23.5 Å². The van der Waals surface area contributed by atoms with Gasteiger partial charge in [-0.3, -0.25) is 14.4 Å². The van der Waals surface area contributed by atoms with Gasteiger partial charge in [0.25, 0.3) is 0 Å². The van der Waals surface area contributed by atoms with Crippen molar-refractivity contribution in [3.63, 3.8) is 0 Å². The van der Waals surface area contributed by atoms with Gasteiger partial charge in [0.1, 0.15) is 0 Å². The fraction of sp³-hybridized carbons (Fsp3) is 0.733. The maximum atomic E-state index is 11.2. The molecule has 3 N–H and O–H groups in total. The standard InChI is InChI=1S/C15H24N2O7/c1-8(18)22-5-11-4-14(17-15(16)21)13(7-24-10(3)20)12(11)6-23-9(2)19/h11-14H,4-7H2,1-3H3,(H3,16,17,21)/t11-,12+,13-,14-/m1/s1. The Labute approximate surface area is 140 Å². The van der Waals surface area contributed by atoms with Crippen molar-refractivity contribution in [2.45, 2.75) is 33.2 Å². The maximum absolute atomic E-state index is 11.2. The first-order valence-electron chi connectivity index (χ1n) is 7.66. The van der Waals surface area contributed by atoms with Crippen molar-refractivity contribution in [2.75, 3.05) is 19.8 Å². The van der Waals surface area contributed by atoms with Crippen LogP contribution in [0, 0.1) is 17.8 Å². The fourth-order valence-electron chi connectivity index (χ4n) is 3.02. The number of primary amides is 1. The summed E-state index contributed by atoms with van der Waals surface area (Å²) in [7, 11) is 0. The van der Waals surface area contributed by atoms with Gasteiger partial charge in [-0.1, -0.05) is 0 Å². The molecule has 0 aromatic heterocycles. The van der Waals surface area contributed by atoms with Crippen LogP contribution in [0.15, 0.2) is 0 Å². The van der Waals surface area contributed by atoms with Gasteiger partial charge in [-0.05, 0) is 6.42 Å². The summed E-state index contributed by atoms with van der Waals surface area (Å²) in [6, 6.07) is -1.07. The van der Waals surface area contributed by atoms with E-state index < -0.39 is 23.9 Å². The number of esters is 3. The average molecular weight is 344 g/mol. The minimum atomic E-state index is -0.702. The van der Waals surface area contributed by atoms with Crippen molar-refractivity contribution in [3.05, 3.63) is 0 Å². The molecule has 136 valence electrons. The lowest BCUT2D eigenvalue weighted by Gasteiger charge is -2.26. The Bertz CT molecular complexity index is 494. The molecule has 0 saturated heterocycles. The lowest BCUT2D eigenvalue weighted by atomic mass is 9.90. The van der Waals surface area contributed by atoms with Crippen LogP contribution in [0.3, 0.4) is 0 Å². The number of nitrogens with one attached hydrogen (secondary N) is 1. The smallest absolute Gasteiger partial charge is 0.312 e. The van der Waals surface area contributed by atoms with E-state index in [9.17, 15) is 19.2 Å². The summed E-state index contributed by atoms with van der Waals surface area (Å²) >= 11 is 0. The van der Waals surface area contributed by atoms with Crippen LogP contribution in [0.1, 0.15) is 27.2 Å². The summed E-state index contributed by atoms with van der Waals surface area (Å²) in [6.07, 6.45) is 0.466. The molecule has 4 atom stereocenters. The number of urea groups is 1. The zero-order valence-corrected chi connectivity index (χ0v) is 14.1. The first kappa shape index (κ1) is 19.7. The quantitative estimate of drug-likeness (QED) is 0.489. The molecule has 0 spiro atoms. The van der Waals surface area contributed by atoms with E-state index in [1.54, 1.807) is 0 Å². The molecule has 9 nitrogen and oxygen atoms in total. The molecule has 0 aliphatic heterocycles. The molecule has 1 aliphatic rings. The second-order valence-electron chi connectivity index (χ2n) is 5.85. The van der Waals surface area contributed by atoms with Crippen LogP contribution < -0.4 is 11.1 Å². The van der Waals surface area contributed by atoms with E-state index in [0.717, 1.165) is 0 Å². The Balaban J connectivity index is 2.90. The Morgan fingerprint density at radius 3 is 1.79 bits per heavy atom. The summed E-state index contributed by atoms with van der Waals surface area (Å²) in [5.74, 6) is -2.04. The second kappa shape index (κ2) is 9.09. The number of nitrogens with two attached hydrogens (primary N) is 1. The van der Waals surface area contributed by atoms with E-state index in [1.807, 2.05) is 0 Å². The van der Waals surface area contributed by atoms with Crippen molar-refractivity contribution in [1.29, 1.82) is 0 Å². The fourth-order valence-corrected chi connectivity index (χ4v) is 3.02. The van der Waals surface area contributed by atoms with Gasteiger partial charge < -0.3 is 25.3 Å². The number of hydrogen-bond acceptors (Lipinski definition) is 7. The maximum Gasteiger partial charge on any atom is 0.312 e. The largest absolute Gasteiger partial charge is 0.466 e. The highest BCUT2D eigenvalue weighted by Crippen LogP contribution is 2.38. The Morgan fingerprint density at radius 1 is 0.875 bits per heavy atom. The Hall–Kier alpha value is -2.32. The van der Waals surface area contributed by atoms with Crippen LogP contribution in [-0.2, 0) is 28.6 Å². The van der Waals surface area contributed by atoms with Crippen molar-refractivity contribution in [3.8, 4) is 0 Å². The highest BCUT2D eigenvalue weighted by molar-refractivity contribution is 5.72. The minimum Gasteiger partial charge on any atom is -0.466 e. The molecule has 1 fully saturated rings. The van der Waals surface area contributed by atoms with E-state index >= 15 is 0 Å². The van der Waals surface area contributed by atoms with E-state index in [0.29, 0.717) is 6.42 Å². The van der Waals surface area contributed by atoms with Crippen LogP contribution in [0.2, 0.25) is 0 Å². The Morgan fingerprint density at radius 2 is 1.33 bits per heavy atom. The van der Waals surface area contributed by atoms with Crippen LogP contribution >= 0.6 is 0 Å². The third-order valence-corrected chi connectivity index (χ3v) is 4.02. The number of carbonyl (C=O) groups excluding carboxylic acids is 4. The molecule has 9 heteroatoms. The molecule has 0 radical (unpaired) electrons. The van der Waals surface area contributed by atoms with Gasteiger partial charge in [0.05, 0.1) is 19.8 Å². The number of hydrogen-bond donors (Lipinski definition) is 2. The van der Waals surface area contributed by atoms with Gasteiger partial charge >= 0.3 is 23.9 Å². The molecule has 2 amide bonds. The summed E-state index contributed by atoms with van der Waals surface area (Å²) < 4.78 is 15.2. The van der Waals surface area contributed by atoms with Crippen LogP contribution in [0.5, 0.6) is 0 Å². The molecule has 1 saturated carbocycles. The highest BCUT2D eigenvalue weighted by atomic mass is 16.5. The van der Waals surface area contributed by atoms with Crippen LogP contribution in [0.25, 0.3) is 0 Å². The first-order chi connectivity index (χ1) is 11.2. The highest BCUT2D eigenvalue weighted by Gasteiger charge is 2.45. The predicted molar refractivity (Wildman–Crippen MR) is 81.5 cm³/mol. The number of amides is 2. The molecule has 0 bridgehead atoms. The van der Waals surface area contributed by atoms with Gasteiger partial charge in [0.2, 0.25) is 0 Å². The van der Waals surface area contributed by atoms with E-state index in [4.69, 9.17) is 19.9 Å². The van der Waals surface area contributed by atoms with E-state index in [-0.39, 0.29) is 43.6 Å². The van der Waals surface area contributed by atoms with Gasteiger partial charge in [0.15, 0.2) is 0 Å². The third-order valence-electron chi connectivity index (χ3n) is 4.02. The summed E-state index contributed by atoms with van der Waals surface area (Å²) in [4.78, 5) is 44.5. The summed E-state index contributed by atoms with van der Waals surface area (Å²) in [5.41, 5.74) is 5.20. The SMILES string of the molecule is CC(=O)OC[C@H]1C[C@@H](NC(N)=O)[C@H](COC(C)=O)[C@H]1COC(C)=O. The molecule has 1 aliphatic carbocycles. The zero-order chi connectivity index (χ0) is 18.3. The van der Waals surface area contributed by atoms with Gasteiger partial charge in [0, 0.05) is 44.6 Å². The first-order valence-corrected chi connectivity index (χ1v) is 7.66. The molecule has 0 heterocycles. The average Bonchev–Trinajstić information content (AvgIpc) is 2.76. The second-order valence-corrected chi connectivity index (χ2v) is 5.85. The third kappa shape index (κ3) is 6.43. The molecular weight excluding hydrogens is 320 g/mol. The molecule has 0 unspecified atom stereocenters. The monoisotopic (exact) mass is 344 g/mol. The minimum absolute atomic E-state index is 0.0444. The molecular formula is C15H24N2O7. The van der Waals surface area contributed by atoms with Crippen LogP contribution in [0.4, 0.5) is 4.79 Å². The molecule has 0 aromatic carbocycles. The lowest BCUT2D eigenvalue weighted by molar-refractivity contribution is -0.148. The number of ether oxygens (including phenoxy) is 3. The van der Waals surface area contributed by atoms with Crippen LogP contribution in [-0.4, -0.2) is 49.8 Å². The topological polar surface area (TPSA) is 134 Å². The molecule has 1 rings (SSSR count). The van der Waals surface area contributed by atoms with Gasteiger partial charge in [-0.15, -0.1) is 0 Å². The van der Waals surface area contributed by atoms with Gasteiger partial charge in [-0.25, -0.2) is 4.79 Å². The molecule has 24 heavy (non-hydrogen) atoms. The summed E-state index contributed by atoms with van der Waals surface area (Å²) in [5, 5.41) is 2.62. The molecule has 0 aromatic rings. The van der Waals surface area contributed by atoms with Gasteiger partial charge in [-0.2, -0.15) is 0 Å². The number of carbonyl (C=O) groups is 4. The van der Waals surface area contributed by atoms with E-state index in [2.05, 4.69) is 5.32 Å². The summed E-state index contributed by atoms with van der Waals surface area (Å²) in [6.45, 7) is 4.10. The zero-order valence-electron chi connectivity index (χ0n) is 14.1. The van der Waals surface area contributed by atoms with Crippen molar-refractivity contribution < 1.29 is 33.4 Å². The van der Waals surface area contributed by atoms with Crippen molar-refractivity contribution >= 4 is 23.9 Å². The Kier molecular flexibility index (Phi) is 7.47. The predicted octanol–water partition coefficient (Wildman–Crippen LogP) is -0.0351.